The zero-order chi connectivity index (χ0) is 17.8. The van der Waals surface area contributed by atoms with Crippen LogP contribution in [0.1, 0.15) is 5.56 Å². The number of benzene rings is 1. The second kappa shape index (κ2) is 7.22. The summed E-state index contributed by atoms with van der Waals surface area (Å²) in [6.07, 6.45) is 1.07. The molecule has 0 radical (unpaired) electrons. The van der Waals surface area contributed by atoms with Gasteiger partial charge in [-0.2, -0.15) is 0 Å². The van der Waals surface area contributed by atoms with E-state index in [-0.39, 0.29) is 17.2 Å². The van der Waals surface area contributed by atoms with E-state index in [0.29, 0.717) is 13.1 Å². The van der Waals surface area contributed by atoms with Gasteiger partial charge in [-0.3, -0.25) is 25.1 Å². The van der Waals surface area contributed by atoms with Crippen molar-refractivity contribution < 1.29 is 9.85 Å². The molecule has 0 N–H and O–H groups in total. The Bertz CT molecular complexity index is 775. The molecule has 0 atom stereocenters. The number of hydrogen-bond acceptors (Lipinski definition) is 7. The highest BCUT2D eigenvalue weighted by atomic mass is 16.6. The van der Waals surface area contributed by atoms with Crippen molar-refractivity contribution in [3.05, 3.63) is 68.4 Å². The summed E-state index contributed by atoms with van der Waals surface area (Å²) in [5.41, 5.74) is 0.513. The summed E-state index contributed by atoms with van der Waals surface area (Å²) in [4.78, 5) is 28.8. The summed E-state index contributed by atoms with van der Waals surface area (Å²) in [5.74, 6) is 0.190. The molecule has 0 bridgehead atoms. The van der Waals surface area contributed by atoms with Crippen LogP contribution in [0.15, 0.2) is 42.6 Å². The van der Waals surface area contributed by atoms with Crippen LogP contribution < -0.4 is 4.90 Å². The van der Waals surface area contributed by atoms with Gasteiger partial charge in [0.25, 0.3) is 5.69 Å². The minimum absolute atomic E-state index is 0.190. The number of anilines is 1. The fourth-order valence-corrected chi connectivity index (χ4v) is 2.87. The Morgan fingerprint density at radius 2 is 1.68 bits per heavy atom. The smallest absolute Gasteiger partial charge is 0.318 e. The van der Waals surface area contributed by atoms with E-state index in [4.69, 9.17) is 0 Å². The van der Waals surface area contributed by atoms with Gasteiger partial charge in [0.05, 0.1) is 15.9 Å². The molecule has 0 saturated carbocycles. The van der Waals surface area contributed by atoms with Gasteiger partial charge in [0.1, 0.15) is 6.20 Å². The molecule has 25 heavy (non-hydrogen) atoms. The fourth-order valence-electron chi connectivity index (χ4n) is 2.87. The molecule has 0 aliphatic carbocycles. The van der Waals surface area contributed by atoms with Gasteiger partial charge in [0, 0.05) is 32.7 Å². The first-order valence-electron chi connectivity index (χ1n) is 7.84. The zero-order valence-electron chi connectivity index (χ0n) is 13.4. The van der Waals surface area contributed by atoms with Crippen LogP contribution in [-0.2, 0) is 6.54 Å². The van der Waals surface area contributed by atoms with Crippen LogP contribution in [0.5, 0.6) is 0 Å². The highest BCUT2D eigenvalue weighted by Gasteiger charge is 2.27. The van der Waals surface area contributed by atoms with Crippen molar-refractivity contribution in [1.29, 1.82) is 0 Å². The first-order valence-corrected chi connectivity index (χ1v) is 7.84. The molecule has 2 aromatic rings. The molecule has 130 valence electrons. The molecule has 1 fully saturated rings. The third-order valence-corrected chi connectivity index (χ3v) is 4.16. The van der Waals surface area contributed by atoms with E-state index in [1.54, 1.807) is 0 Å². The minimum Gasteiger partial charge on any atom is -0.348 e. The van der Waals surface area contributed by atoms with Crippen molar-refractivity contribution in [2.24, 2.45) is 0 Å². The monoisotopic (exact) mass is 343 g/mol. The van der Waals surface area contributed by atoms with E-state index in [1.807, 2.05) is 23.1 Å². The average molecular weight is 343 g/mol. The van der Waals surface area contributed by atoms with Crippen LogP contribution in [-0.4, -0.2) is 45.9 Å². The molecule has 3 rings (SSSR count). The lowest BCUT2D eigenvalue weighted by Gasteiger charge is -2.35. The van der Waals surface area contributed by atoms with Crippen LogP contribution in [0.4, 0.5) is 17.2 Å². The van der Waals surface area contributed by atoms with E-state index >= 15 is 0 Å². The van der Waals surface area contributed by atoms with E-state index in [2.05, 4.69) is 22.0 Å². The van der Waals surface area contributed by atoms with Crippen molar-refractivity contribution in [2.45, 2.75) is 6.54 Å². The van der Waals surface area contributed by atoms with Gasteiger partial charge in [-0.05, 0) is 5.56 Å². The van der Waals surface area contributed by atoms with Gasteiger partial charge < -0.3 is 4.90 Å². The number of piperazine rings is 1. The van der Waals surface area contributed by atoms with Gasteiger partial charge in [-0.25, -0.2) is 4.98 Å². The van der Waals surface area contributed by atoms with Gasteiger partial charge >= 0.3 is 5.69 Å². The Labute approximate surface area is 143 Å². The summed E-state index contributed by atoms with van der Waals surface area (Å²) in [5, 5.41) is 22.1. The van der Waals surface area contributed by atoms with Crippen LogP contribution in [0.2, 0.25) is 0 Å². The maximum absolute atomic E-state index is 11.3. The van der Waals surface area contributed by atoms with E-state index in [1.165, 1.54) is 5.56 Å². The molecule has 1 aromatic carbocycles. The molecule has 1 aliphatic rings. The van der Waals surface area contributed by atoms with E-state index in [0.717, 1.165) is 31.9 Å². The summed E-state index contributed by atoms with van der Waals surface area (Å²) >= 11 is 0. The number of rotatable bonds is 5. The van der Waals surface area contributed by atoms with E-state index < -0.39 is 9.85 Å². The minimum atomic E-state index is -0.679. The Morgan fingerprint density at radius 3 is 2.28 bits per heavy atom. The predicted molar refractivity (Wildman–Crippen MR) is 91.5 cm³/mol. The van der Waals surface area contributed by atoms with E-state index in [9.17, 15) is 20.2 Å². The van der Waals surface area contributed by atoms with Crippen molar-refractivity contribution in [3.63, 3.8) is 0 Å². The molecular weight excluding hydrogens is 326 g/mol. The van der Waals surface area contributed by atoms with Crippen LogP contribution >= 0.6 is 0 Å². The molecule has 0 unspecified atom stereocenters. The predicted octanol–water partition coefficient (Wildman–Crippen LogP) is 2.22. The number of nitro groups is 2. The molecule has 2 heterocycles. The highest BCUT2D eigenvalue weighted by Crippen LogP contribution is 2.30. The lowest BCUT2D eigenvalue weighted by Crippen LogP contribution is -2.46. The quantitative estimate of drug-likeness (QED) is 0.605. The van der Waals surface area contributed by atoms with Gasteiger partial charge in [-0.1, -0.05) is 30.3 Å². The molecule has 9 heteroatoms. The average Bonchev–Trinajstić information content (AvgIpc) is 2.62. The normalized spacial score (nSPS) is 15.1. The van der Waals surface area contributed by atoms with Crippen LogP contribution in [0, 0.1) is 20.2 Å². The molecule has 0 spiro atoms. The number of hydrogen-bond donors (Lipinski definition) is 0. The second-order valence-corrected chi connectivity index (χ2v) is 5.80. The van der Waals surface area contributed by atoms with Crippen molar-refractivity contribution in [1.82, 2.24) is 9.88 Å². The SMILES string of the molecule is O=[N+]([O-])c1cnc(N2CCN(Cc3ccccc3)CC2)c([N+](=O)[O-])c1. The van der Waals surface area contributed by atoms with Crippen molar-refractivity contribution in [2.75, 3.05) is 31.1 Å². The number of aromatic nitrogens is 1. The zero-order valence-corrected chi connectivity index (χ0v) is 13.4. The molecular formula is C16H17N5O4. The van der Waals surface area contributed by atoms with Crippen LogP contribution in [0.25, 0.3) is 0 Å². The Kier molecular flexibility index (Phi) is 4.85. The largest absolute Gasteiger partial charge is 0.348 e. The first-order chi connectivity index (χ1) is 12.0. The summed E-state index contributed by atoms with van der Waals surface area (Å²) in [6.45, 7) is 3.47. The third-order valence-electron chi connectivity index (χ3n) is 4.16. The molecule has 1 aliphatic heterocycles. The summed E-state index contributed by atoms with van der Waals surface area (Å²) in [6, 6.07) is 11.1. The van der Waals surface area contributed by atoms with Crippen LogP contribution in [0.3, 0.4) is 0 Å². The Morgan fingerprint density at radius 1 is 1.00 bits per heavy atom. The first kappa shape index (κ1) is 16.8. The second-order valence-electron chi connectivity index (χ2n) is 5.80. The lowest BCUT2D eigenvalue weighted by atomic mass is 10.2. The maximum atomic E-state index is 11.3. The molecule has 1 aromatic heterocycles. The summed E-state index contributed by atoms with van der Waals surface area (Å²) < 4.78 is 0. The third kappa shape index (κ3) is 3.89. The fraction of sp³-hybridized carbons (Fsp3) is 0.312. The van der Waals surface area contributed by atoms with Gasteiger partial charge in [-0.15, -0.1) is 0 Å². The highest BCUT2D eigenvalue weighted by molar-refractivity contribution is 5.61. The Balaban J connectivity index is 1.70. The lowest BCUT2D eigenvalue weighted by molar-refractivity contribution is -0.394. The topological polar surface area (TPSA) is 106 Å². The maximum Gasteiger partial charge on any atom is 0.318 e. The number of nitrogens with zero attached hydrogens (tertiary/aromatic N) is 5. The van der Waals surface area contributed by atoms with Gasteiger partial charge in [0.2, 0.25) is 5.82 Å². The standard InChI is InChI=1S/C16H17N5O4/c22-20(23)14-10-15(21(24)25)16(17-11-14)19-8-6-18(7-9-19)12-13-4-2-1-3-5-13/h1-5,10-11H,6-9,12H2. The van der Waals surface area contributed by atoms with Gasteiger partial charge in [0.15, 0.2) is 0 Å². The van der Waals surface area contributed by atoms with Crippen molar-refractivity contribution in [3.8, 4) is 0 Å². The molecule has 0 amide bonds. The Hall–Kier alpha value is -3.07. The molecule has 1 saturated heterocycles. The van der Waals surface area contributed by atoms with Crippen molar-refractivity contribution >= 4 is 17.2 Å². The summed E-state index contributed by atoms with van der Waals surface area (Å²) in [7, 11) is 0. The molecule has 9 nitrogen and oxygen atoms in total. The number of pyridine rings is 1.